The Balaban J connectivity index is 1.31. The third-order valence-corrected chi connectivity index (χ3v) is 5.94. The van der Waals surface area contributed by atoms with Crippen molar-refractivity contribution in [3.05, 3.63) is 42.4 Å². The Bertz CT molecular complexity index is 754. The van der Waals surface area contributed by atoms with Crippen LogP contribution in [0.25, 0.3) is 0 Å². The third-order valence-electron chi connectivity index (χ3n) is 5.94. The van der Waals surface area contributed by atoms with Crippen LogP contribution in [0.2, 0.25) is 0 Å². The number of nitrogens with zero attached hydrogens (tertiary/aromatic N) is 5. The second-order valence-corrected chi connectivity index (χ2v) is 7.81. The quantitative estimate of drug-likeness (QED) is 0.794. The Kier molecular flexibility index (Phi) is 5.90. The SMILES string of the molecule is CO[C@H]1CCCN(c2ccc(C(=O)N3CCC(Cn4cccn4)CC3)cn2)C1. The molecule has 7 heteroatoms. The molecular weight excluding hydrogens is 354 g/mol. The fraction of sp³-hybridized carbons (Fsp3) is 0.571. The Hall–Kier alpha value is -2.41. The third kappa shape index (κ3) is 4.35. The van der Waals surface area contributed by atoms with Gasteiger partial charge >= 0.3 is 0 Å². The van der Waals surface area contributed by atoms with Crippen LogP contribution in [0.5, 0.6) is 0 Å². The van der Waals surface area contributed by atoms with Gasteiger partial charge in [0.2, 0.25) is 0 Å². The molecule has 0 aromatic carbocycles. The topological polar surface area (TPSA) is 63.5 Å². The summed E-state index contributed by atoms with van der Waals surface area (Å²) in [6, 6.07) is 5.83. The standard InChI is InChI=1S/C21H29N5O2/c1-28-19-4-2-10-25(16-19)20-6-5-18(14-22-20)21(27)24-12-7-17(8-13-24)15-26-11-3-9-23-26/h3,5-6,9,11,14,17,19H,2,4,7-8,10,12-13,15-16H2,1H3/t19-/m0/s1. The number of carbonyl (C=O) groups is 1. The predicted molar refractivity (Wildman–Crippen MR) is 107 cm³/mol. The van der Waals surface area contributed by atoms with Gasteiger partial charge in [-0.1, -0.05) is 0 Å². The molecule has 2 saturated heterocycles. The Morgan fingerprint density at radius 2 is 2.07 bits per heavy atom. The van der Waals surface area contributed by atoms with Crippen LogP contribution in [0, 0.1) is 5.92 Å². The van der Waals surface area contributed by atoms with E-state index in [4.69, 9.17) is 4.74 Å². The van der Waals surface area contributed by atoms with Gasteiger partial charge in [0, 0.05) is 58.4 Å². The van der Waals surface area contributed by atoms with Gasteiger partial charge in [0.15, 0.2) is 0 Å². The molecular formula is C21H29N5O2. The fourth-order valence-electron chi connectivity index (χ4n) is 4.21. The highest BCUT2D eigenvalue weighted by Gasteiger charge is 2.25. The molecule has 1 atom stereocenters. The minimum atomic E-state index is 0.0880. The lowest BCUT2D eigenvalue weighted by Crippen LogP contribution is -2.40. The van der Waals surface area contributed by atoms with Crippen LogP contribution in [-0.2, 0) is 11.3 Å². The van der Waals surface area contributed by atoms with Crippen molar-refractivity contribution >= 4 is 11.7 Å². The lowest BCUT2D eigenvalue weighted by atomic mass is 9.96. The molecule has 0 saturated carbocycles. The maximum Gasteiger partial charge on any atom is 0.255 e. The van der Waals surface area contributed by atoms with Crippen LogP contribution in [0.4, 0.5) is 5.82 Å². The summed E-state index contributed by atoms with van der Waals surface area (Å²) in [4.78, 5) is 21.6. The summed E-state index contributed by atoms with van der Waals surface area (Å²) in [5.41, 5.74) is 0.676. The molecule has 2 fully saturated rings. The van der Waals surface area contributed by atoms with Crippen molar-refractivity contribution in [1.82, 2.24) is 19.7 Å². The summed E-state index contributed by atoms with van der Waals surface area (Å²) in [5.74, 6) is 1.60. The van der Waals surface area contributed by atoms with E-state index >= 15 is 0 Å². The van der Waals surface area contributed by atoms with Crippen LogP contribution in [0.15, 0.2) is 36.8 Å². The highest BCUT2D eigenvalue weighted by Crippen LogP contribution is 2.22. The van der Waals surface area contributed by atoms with E-state index < -0.39 is 0 Å². The first-order chi connectivity index (χ1) is 13.7. The normalized spacial score (nSPS) is 21.1. The molecule has 4 heterocycles. The van der Waals surface area contributed by atoms with E-state index in [1.807, 2.05) is 40.2 Å². The number of piperidine rings is 2. The number of carbonyl (C=O) groups excluding carboxylic acids is 1. The van der Waals surface area contributed by atoms with E-state index in [0.29, 0.717) is 11.5 Å². The van der Waals surface area contributed by atoms with Crippen molar-refractivity contribution in [3.8, 4) is 0 Å². The molecule has 0 spiro atoms. The monoisotopic (exact) mass is 383 g/mol. The van der Waals surface area contributed by atoms with Crippen molar-refractivity contribution in [3.63, 3.8) is 0 Å². The predicted octanol–water partition coefficient (Wildman–Crippen LogP) is 2.45. The number of pyridine rings is 1. The summed E-state index contributed by atoms with van der Waals surface area (Å²) in [6.45, 7) is 4.39. The number of likely N-dealkylation sites (tertiary alicyclic amines) is 1. The van der Waals surface area contributed by atoms with Crippen LogP contribution < -0.4 is 4.90 Å². The van der Waals surface area contributed by atoms with Crippen LogP contribution in [0.1, 0.15) is 36.0 Å². The van der Waals surface area contributed by atoms with Gasteiger partial charge in [0.25, 0.3) is 5.91 Å². The van der Waals surface area contributed by atoms with Gasteiger partial charge in [0.05, 0.1) is 11.7 Å². The van der Waals surface area contributed by atoms with Crippen LogP contribution >= 0.6 is 0 Å². The highest BCUT2D eigenvalue weighted by molar-refractivity contribution is 5.94. The van der Waals surface area contributed by atoms with Crippen LogP contribution in [0.3, 0.4) is 0 Å². The van der Waals surface area contributed by atoms with Crippen molar-refractivity contribution in [2.45, 2.75) is 38.3 Å². The van der Waals surface area contributed by atoms with Crippen molar-refractivity contribution in [2.75, 3.05) is 38.2 Å². The summed E-state index contributed by atoms with van der Waals surface area (Å²) >= 11 is 0. The summed E-state index contributed by atoms with van der Waals surface area (Å²) in [5, 5.41) is 4.28. The fourth-order valence-corrected chi connectivity index (χ4v) is 4.21. The van der Waals surface area contributed by atoms with Crippen molar-refractivity contribution < 1.29 is 9.53 Å². The molecule has 0 aliphatic carbocycles. The summed E-state index contributed by atoms with van der Waals surface area (Å²) in [7, 11) is 1.77. The zero-order valence-corrected chi connectivity index (χ0v) is 16.5. The molecule has 28 heavy (non-hydrogen) atoms. The minimum absolute atomic E-state index is 0.0880. The van der Waals surface area contributed by atoms with Gasteiger partial charge in [-0.2, -0.15) is 5.10 Å². The molecule has 2 aliphatic rings. The molecule has 0 N–H and O–H groups in total. The van der Waals surface area contributed by atoms with Gasteiger partial charge in [-0.15, -0.1) is 0 Å². The van der Waals surface area contributed by atoms with E-state index in [1.54, 1.807) is 13.3 Å². The zero-order chi connectivity index (χ0) is 19.3. The number of anilines is 1. The first-order valence-corrected chi connectivity index (χ1v) is 10.2. The number of aromatic nitrogens is 3. The lowest BCUT2D eigenvalue weighted by molar-refractivity contribution is 0.0680. The molecule has 2 aliphatic heterocycles. The van der Waals surface area contributed by atoms with Gasteiger partial charge in [-0.05, 0) is 49.8 Å². The number of hydrogen-bond acceptors (Lipinski definition) is 5. The molecule has 4 rings (SSSR count). The molecule has 0 radical (unpaired) electrons. The highest BCUT2D eigenvalue weighted by atomic mass is 16.5. The van der Waals surface area contributed by atoms with Crippen molar-refractivity contribution in [2.24, 2.45) is 5.92 Å². The summed E-state index contributed by atoms with van der Waals surface area (Å²) in [6.07, 6.45) is 10.0. The average Bonchev–Trinajstić information content (AvgIpc) is 3.27. The molecule has 0 bridgehead atoms. The maximum absolute atomic E-state index is 12.8. The number of amides is 1. The molecule has 0 unspecified atom stereocenters. The average molecular weight is 383 g/mol. The van der Waals surface area contributed by atoms with E-state index in [0.717, 1.165) is 64.2 Å². The number of rotatable bonds is 5. The van der Waals surface area contributed by atoms with E-state index in [1.165, 1.54) is 0 Å². The second-order valence-electron chi connectivity index (χ2n) is 7.81. The minimum Gasteiger partial charge on any atom is -0.380 e. The Morgan fingerprint density at radius 3 is 2.75 bits per heavy atom. The smallest absolute Gasteiger partial charge is 0.255 e. The lowest BCUT2D eigenvalue weighted by Gasteiger charge is -2.33. The first-order valence-electron chi connectivity index (χ1n) is 10.2. The van der Waals surface area contributed by atoms with E-state index in [2.05, 4.69) is 15.0 Å². The number of methoxy groups -OCH3 is 1. The number of ether oxygens (including phenoxy) is 1. The van der Waals surface area contributed by atoms with Gasteiger partial charge < -0.3 is 14.5 Å². The molecule has 7 nitrogen and oxygen atoms in total. The Morgan fingerprint density at radius 1 is 1.21 bits per heavy atom. The largest absolute Gasteiger partial charge is 0.380 e. The maximum atomic E-state index is 12.8. The van der Waals surface area contributed by atoms with Gasteiger partial charge in [-0.3, -0.25) is 9.48 Å². The molecule has 150 valence electrons. The van der Waals surface area contributed by atoms with E-state index in [9.17, 15) is 4.79 Å². The molecule has 2 aromatic heterocycles. The van der Waals surface area contributed by atoms with Crippen molar-refractivity contribution in [1.29, 1.82) is 0 Å². The molecule has 1 amide bonds. The van der Waals surface area contributed by atoms with Gasteiger partial charge in [-0.25, -0.2) is 4.98 Å². The van der Waals surface area contributed by atoms with E-state index in [-0.39, 0.29) is 12.0 Å². The zero-order valence-electron chi connectivity index (χ0n) is 16.5. The molecule has 2 aromatic rings. The first kappa shape index (κ1) is 18.9. The Labute approximate surface area is 166 Å². The van der Waals surface area contributed by atoms with Crippen LogP contribution in [-0.4, -0.2) is 65.0 Å². The van der Waals surface area contributed by atoms with Gasteiger partial charge in [0.1, 0.15) is 5.82 Å². The summed E-state index contributed by atoms with van der Waals surface area (Å²) < 4.78 is 7.48. The number of hydrogen-bond donors (Lipinski definition) is 0. The second kappa shape index (κ2) is 8.73.